The molecule has 0 N–H and O–H groups in total. The number of hydrogen-bond acceptors (Lipinski definition) is 8. The lowest BCUT2D eigenvalue weighted by Crippen LogP contribution is -2.49. The van der Waals surface area contributed by atoms with Crippen LogP contribution in [-0.4, -0.2) is 64.5 Å². The molecule has 5 aromatic rings. The number of aryl methyl sites for hydroxylation is 2. The normalized spacial score (nSPS) is 13.6. The Morgan fingerprint density at radius 3 is 2.38 bits per heavy atom. The molecular formula is C36H36BrN3O5S3. The highest BCUT2D eigenvalue weighted by atomic mass is 79.9. The van der Waals surface area contributed by atoms with E-state index in [-0.39, 0.29) is 24.0 Å². The van der Waals surface area contributed by atoms with E-state index in [1.54, 1.807) is 25.1 Å². The van der Waals surface area contributed by atoms with Gasteiger partial charge >= 0.3 is 5.97 Å². The Bertz CT molecular complexity index is 2040. The first-order valence-corrected chi connectivity index (χ1v) is 19.7. The van der Waals surface area contributed by atoms with E-state index in [0.717, 1.165) is 32.2 Å². The number of benzene rings is 3. The van der Waals surface area contributed by atoms with Crippen LogP contribution >= 0.6 is 38.6 Å². The second kappa shape index (κ2) is 14.8. The number of rotatable bonds is 11. The molecule has 0 bridgehead atoms. The van der Waals surface area contributed by atoms with Gasteiger partial charge in [0.25, 0.3) is 15.9 Å². The molecule has 0 saturated carbocycles. The zero-order valence-corrected chi connectivity index (χ0v) is 30.8. The van der Waals surface area contributed by atoms with Crippen molar-refractivity contribution in [2.24, 2.45) is 0 Å². The highest BCUT2D eigenvalue weighted by Gasteiger charge is 2.31. The largest absolute Gasteiger partial charge is 0.462 e. The summed E-state index contributed by atoms with van der Waals surface area (Å²) in [5.41, 5.74) is 3.26. The van der Waals surface area contributed by atoms with Gasteiger partial charge in [0, 0.05) is 41.9 Å². The standard InChI is InChI=1S/C36H36BrN3O5S3/c1-3-45-36(42)33-25(2)28-24-27(15-16-32(28)47-33)48(43,44)40(18-9-12-26-10-5-4-6-11-26)31-14-8-7-13-30(31)38-19-21-39(22-20-38)35(41)34-29(37)17-23-46-34/h4-8,10-11,13-17,23-24H,3,9,12,18-22H2,1-2H3. The van der Waals surface area contributed by atoms with Gasteiger partial charge in [-0.2, -0.15) is 0 Å². The molecule has 1 amide bonds. The van der Waals surface area contributed by atoms with Crippen LogP contribution < -0.4 is 9.21 Å². The average molecular weight is 767 g/mol. The van der Waals surface area contributed by atoms with Crippen molar-refractivity contribution in [1.29, 1.82) is 0 Å². The van der Waals surface area contributed by atoms with Crippen LogP contribution in [0.15, 0.2) is 93.6 Å². The van der Waals surface area contributed by atoms with E-state index in [9.17, 15) is 18.0 Å². The van der Waals surface area contributed by atoms with E-state index in [1.165, 1.54) is 27.0 Å². The van der Waals surface area contributed by atoms with Crippen LogP contribution in [0.25, 0.3) is 10.1 Å². The summed E-state index contributed by atoms with van der Waals surface area (Å²) in [7, 11) is -4.03. The zero-order chi connectivity index (χ0) is 33.8. The smallest absolute Gasteiger partial charge is 0.348 e. The Balaban J connectivity index is 1.32. The number of amides is 1. The van der Waals surface area contributed by atoms with E-state index in [2.05, 4.69) is 33.0 Å². The Labute approximate surface area is 297 Å². The number of esters is 1. The van der Waals surface area contributed by atoms with Crippen molar-refractivity contribution >= 4 is 82.0 Å². The third-order valence-electron chi connectivity index (χ3n) is 8.50. The van der Waals surface area contributed by atoms with Crippen LogP contribution in [0.5, 0.6) is 0 Å². The number of anilines is 2. The van der Waals surface area contributed by atoms with Crippen molar-refractivity contribution in [3.8, 4) is 0 Å². The average Bonchev–Trinajstić information content (AvgIpc) is 3.69. The highest BCUT2D eigenvalue weighted by Crippen LogP contribution is 2.37. The first-order valence-electron chi connectivity index (χ1n) is 15.8. The van der Waals surface area contributed by atoms with Gasteiger partial charge in [-0.1, -0.05) is 42.5 Å². The van der Waals surface area contributed by atoms with Gasteiger partial charge in [0.05, 0.1) is 22.9 Å². The summed E-state index contributed by atoms with van der Waals surface area (Å²) < 4.78 is 37.8. The maximum Gasteiger partial charge on any atom is 0.348 e. The fraction of sp³-hybridized carbons (Fsp3) is 0.278. The molecule has 12 heteroatoms. The lowest BCUT2D eigenvalue weighted by molar-refractivity contribution is 0.0531. The van der Waals surface area contributed by atoms with E-state index in [0.29, 0.717) is 53.6 Å². The molecule has 8 nitrogen and oxygen atoms in total. The van der Waals surface area contributed by atoms with Crippen molar-refractivity contribution in [1.82, 2.24) is 4.90 Å². The number of thiophene rings is 2. The van der Waals surface area contributed by atoms with E-state index < -0.39 is 16.0 Å². The quantitative estimate of drug-likeness (QED) is 0.127. The first-order chi connectivity index (χ1) is 23.2. The van der Waals surface area contributed by atoms with Crippen molar-refractivity contribution in [3.05, 3.63) is 110 Å². The van der Waals surface area contributed by atoms with Crippen molar-refractivity contribution in [3.63, 3.8) is 0 Å². The zero-order valence-electron chi connectivity index (χ0n) is 26.7. The topological polar surface area (TPSA) is 87.2 Å². The van der Waals surface area contributed by atoms with Gasteiger partial charge in [0.2, 0.25) is 0 Å². The molecule has 2 aromatic heterocycles. The first kappa shape index (κ1) is 34.2. The van der Waals surface area contributed by atoms with Gasteiger partial charge in [-0.3, -0.25) is 9.10 Å². The summed E-state index contributed by atoms with van der Waals surface area (Å²) in [6, 6.07) is 24.6. The third-order valence-corrected chi connectivity index (χ3v) is 13.4. The lowest BCUT2D eigenvalue weighted by Gasteiger charge is -2.38. The highest BCUT2D eigenvalue weighted by molar-refractivity contribution is 9.10. The molecule has 0 atom stereocenters. The molecule has 0 radical (unpaired) electrons. The minimum absolute atomic E-state index is 0.000145. The van der Waals surface area contributed by atoms with E-state index in [1.807, 2.05) is 65.7 Å². The maximum absolute atomic E-state index is 14.7. The molecule has 1 aliphatic rings. The molecule has 0 spiro atoms. The molecule has 1 fully saturated rings. The molecule has 0 aliphatic carbocycles. The molecular weight excluding hydrogens is 731 g/mol. The molecule has 48 heavy (non-hydrogen) atoms. The number of nitrogens with zero attached hydrogens (tertiary/aromatic N) is 3. The number of fused-ring (bicyclic) bond motifs is 1. The molecule has 6 rings (SSSR count). The summed E-state index contributed by atoms with van der Waals surface area (Å²) in [6.45, 7) is 6.31. The van der Waals surface area contributed by atoms with Crippen LogP contribution in [0, 0.1) is 6.92 Å². The Morgan fingerprint density at radius 2 is 1.67 bits per heavy atom. The van der Waals surface area contributed by atoms with Crippen LogP contribution in [0.3, 0.4) is 0 Å². The molecule has 250 valence electrons. The summed E-state index contributed by atoms with van der Waals surface area (Å²) in [6.07, 6.45) is 1.34. The summed E-state index contributed by atoms with van der Waals surface area (Å²) in [5, 5.41) is 2.62. The number of piperazine rings is 1. The van der Waals surface area contributed by atoms with Gasteiger partial charge in [-0.15, -0.1) is 22.7 Å². The monoisotopic (exact) mass is 765 g/mol. The SMILES string of the molecule is CCOC(=O)c1sc2ccc(S(=O)(=O)N(CCCc3ccccc3)c3ccccc3N3CCN(C(=O)c4sccc4Br)CC3)cc2c1C. The predicted molar refractivity (Wildman–Crippen MR) is 198 cm³/mol. The van der Waals surface area contributed by atoms with E-state index in [4.69, 9.17) is 4.74 Å². The van der Waals surface area contributed by atoms with Gasteiger partial charge < -0.3 is 14.5 Å². The molecule has 0 unspecified atom stereocenters. The van der Waals surface area contributed by atoms with Crippen LogP contribution in [0.2, 0.25) is 0 Å². The van der Waals surface area contributed by atoms with Gasteiger partial charge in [-0.25, -0.2) is 13.2 Å². The fourth-order valence-corrected chi connectivity index (χ4v) is 10.1. The molecule has 1 aliphatic heterocycles. The number of carbonyl (C=O) groups is 2. The van der Waals surface area contributed by atoms with Gasteiger partial charge in [0.1, 0.15) is 9.75 Å². The van der Waals surface area contributed by atoms with Crippen molar-refractivity contribution in [2.45, 2.75) is 31.6 Å². The van der Waals surface area contributed by atoms with Gasteiger partial charge in [0.15, 0.2) is 0 Å². The Morgan fingerprint density at radius 1 is 0.938 bits per heavy atom. The molecule has 3 aromatic carbocycles. The van der Waals surface area contributed by atoms with Crippen LogP contribution in [-0.2, 0) is 21.2 Å². The number of para-hydroxylation sites is 2. The fourth-order valence-electron chi connectivity index (χ4n) is 6.00. The predicted octanol–water partition coefficient (Wildman–Crippen LogP) is 8.00. The summed E-state index contributed by atoms with van der Waals surface area (Å²) in [4.78, 5) is 31.1. The van der Waals surface area contributed by atoms with E-state index >= 15 is 0 Å². The molecule has 1 saturated heterocycles. The summed E-state index contributed by atoms with van der Waals surface area (Å²) >= 11 is 6.21. The van der Waals surface area contributed by atoms with Crippen LogP contribution in [0.4, 0.5) is 11.4 Å². The summed E-state index contributed by atoms with van der Waals surface area (Å²) in [5.74, 6) is -0.401. The lowest BCUT2D eigenvalue weighted by atomic mass is 10.1. The second-order valence-corrected chi connectivity index (χ2v) is 16.2. The van der Waals surface area contributed by atoms with Crippen molar-refractivity contribution < 1.29 is 22.7 Å². The Hall–Kier alpha value is -3.71. The number of hydrogen-bond donors (Lipinski definition) is 0. The van der Waals surface area contributed by atoms with Gasteiger partial charge in [-0.05, 0) is 101 Å². The number of ether oxygens (including phenoxy) is 1. The minimum atomic E-state index is -4.03. The number of halogens is 1. The van der Waals surface area contributed by atoms with Crippen LogP contribution in [0.1, 0.15) is 43.8 Å². The number of sulfonamides is 1. The third kappa shape index (κ3) is 7.03. The Kier molecular flexibility index (Phi) is 10.5. The number of carbonyl (C=O) groups excluding carboxylic acids is 2. The maximum atomic E-state index is 14.7. The van der Waals surface area contributed by atoms with Crippen molar-refractivity contribution in [2.75, 3.05) is 48.5 Å². The molecule has 3 heterocycles. The second-order valence-electron chi connectivity index (χ2n) is 11.5. The minimum Gasteiger partial charge on any atom is -0.462 e.